The molecule has 0 bridgehead atoms. The number of carbonyl (C=O) groups excluding carboxylic acids is 1. The minimum Gasteiger partial charge on any atom is -0.267 e. The van der Waals surface area contributed by atoms with Crippen LogP contribution < -0.4 is 5.43 Å². The van der Waals surface area contributed by atoms with Crippen molar-refractivity contribution in [3.8, 4) is 0 Å². The molecule has 102 valence electrons. The van der Waals surface area contributed by atoms with E-state index in [-0.39, 0.29) is 5.91 Å². The maximum absolute atomic E-state index is 11.9. The van der Waals surface area contributed by atoms with Crippen LogP contribution in [0.15, 0.2) is 58.1 Å². The zero-order chi connectivity index (χ0) is 14.5. The van der Waals surface area contributed by atoms with E-state index < -0.39 is 0 Å². The summed E-state index contributed by atoms with van der Waals surface area (Å²) in [5.74, 6) is -0.266. The summed E-state index contributed by atoms with van der Waals surface area (Å²) in [5, 5.41) is 4.68. The molecule has 0 saturated heterocycles. The minimum atomic E-state index is -0.266. The first-order valence-electron chi connectivity index (χ1n) is 5.93. The summed E-state index contributed by atoms with van der Waals surface area (Å²) in [7, 11) is 0. The van der Waals surface area contributed by atoms with Gasteiger partial charge in [-0.15, -0.1) is 0 Å². The standard InChI is InChI=1S/C15H12BrClN2O/c1-10(13-7-2-3-8-14(13)17)18-19-15(20)11-5-4-6-12(16)9-11/h2-9H,1H3,(H,19,20)/b18-10-. The Bertz CT molecular complexity index is 670. The van der Waals surface area contributed by atoms with Crippen molar-refractivity contribution >= 4 is 39.1 Å². The predicted molar refractivity (Wildman–Crippen MR) is 85.3 cm³/mol. The van der Waals surface area contributed by atoms with Gasteiger partial charge in [0, 0.05) is 20.6 Å². The highest BCUT2D eigenvalue weighted by Gasteiger charge is 2.06. The van der Waals surface area contributed by atoms with Crippen LogP contribution in [-0.2, 0) is 0 Å². The Morgan fingerprint density at radius 3 is 2.65 bits per heavy atom. The van der Waals surface area contributed by atoms with Crippen LogP contribution in [0.25, 0.3) is 0 Å². The average Bonchev–Trinajstić information content (AvgIpc) is 2.45. The van der Waals surface area contributed by atoms with Gasteiger partial charge in [-0.05, 0) is 31.2 Å². The molecule has 3 nitrogen and oxygen atoms in total. The fraction of sp³-hybridized carbons (Fsp3) is 0.0667. The predicted octanol–water partition coefficient (Wildman–Crippen LogP) is 4.26. The van der Waals surface area contributed by atoms with E-state index in [4.69, 9.17) is 11.6 Å². The maximum atomic E-state index is 11.9. The molecule has 2 rings (SSSR count). The summed E-state index contributed by atoms with van der Waals surface area (Å²) in [6.07, 6.45) is 0. The van der Waals surface area contributed by atoms with Crippen LogP contribution in [0.5, 0.6) is 0 Å². The minimum absolute atomic E-state index is 0.266. The van der Waals surface area contributed by atoms with Gasteiger partial charge in [-0.2, -0.15) is 5.10 Å². The average molecular weight is 352 g/mol. The van der Waals surface area contributed by atoms with Gasteiger partial charge in [0.2, 0.25) is 0 Å². The Kier molecular flexibility index (Phi) is 4.93. The zero-order valence-corrected chi connectivity index (χ0v) is 13.1. The fourth-order valence-electron chi connectivity index (χ4n) is 1.64. The highest BCUT2D eigenvalue weighted by atomic mass is 79.9. The molecule has 20 heavy (non-hydrogen) atoms. The molecule has 0 unspecified atom stereocenters. The van der Waals surface area contributed by atoms with Gasteiger partial charge in [-0.3, -0.25) is 4.79 Å². The van der Waals surface area contributed by atoms with E-state index in [0.717, 1.165) is 10.0 Å². The van der Waals surface area contributed by atoms with E-state index in [0.29, 0.717) is 16.3 Å². The highest BCUT2D eigenvalue weighted by molar-refractivity contribution is 9.10. The summed E-state index contributed by atoms with van der Waals surface area (Å²) in [5.41, 5.74) is 4.51. The molecule has 0 atom stereocenters. The number of carbonyl (C=O) groups is 1. The third-order valence-electron chi connectivity index (χ3n) is 2.68. The van der Waals surface area contributed by atoms with Gasteiger partial charge in [0.05, 0.1) is 5.71 Å². The molecule has 0 saturated carbocycles. The first-order chi connectivity index (χ1) is 9.58. The van der Waals surface area contributed by atoms with Crippen molar-refractivity contribution in [1.82, 2.24) is 5.43 Å². The Hall–Kier alpha value is -1.65. The third-order valence-corrected chi connectivity index (χ3v) is 3.50. The van der Waals surface area contributed by atoms with Gasteiger partial charge >= 0.3 is 0 Å². The fourth-order valence-corrected chi connectivity index (χ4v) is 2.32. The van der Waals surface area contributed by atoms with Crippen molar-refractivity contribution in [3.05, 3.63) is 69.2 Å². The van der Waals surface area contributed by atoms with E-state index in [1.807, 2.05) is 24.3 Å². The number of nitrogens with zero attached hydrogens (tertiary/aromatic N) is 1. The molecule has 0 aliphatic heterocycles. The third kappa shape index (κ3) is 3.68. The molecule has 0 radical (unpaired) electrons. The van der Waals surface area contributed by atoms with Crippen LogP contribution in [0.4, 0.5) is 0 Å². The second-order valence-electron chi connectivity index (χ2n) is 4.13. The molecule has 0 heterocycles. The molecule has 5 heteroatoms. The summed E-state index contributed by atoms with van der Waals surface area (Å²) in [6.45, 7) is 1.79. The first-order valence-corrected chi connectivity index (χ1v) is 7.10. The van der Waals surface area contributed by atoms with Gasteiger partial charge in [-0.25, -0.2) is 5.43 Å². The van der Waals surface area contributed by atoms with Crippen LogP contribution in [0.3, 0.4) is 0 Å². The van der Waals surface area contributed by atoms with E-state index in [1.54, 1.807) is 31.2 Å². The van der Waals surface area contributed by atoms with Crippen molar-refractivity contribution in [2.75, 3.05) is 0 Å². The van der Waals surface area contributed by atoms with E-state index >= 15 is 0 Å². The second-order valence-corrected chi connectivity index (χ2v) is 5.45. The number of hydrogen-bond donors (Lipinski definition) is 1. The number of amides is 1. The molecule has 0 aliphatic carbocycles. The molecule has 1 amide bonds. The number of hydrogen-bond acceptors (Lipinski definition) is 2. The number of hydrazone groups is 1. The monoisotopic (exact) mass is 350 g/mol. The zero-order valence-electron chi connectivity index (χ0n) is 10.7. The lowest BCUT2D eigenvalue weighted by molar-refractivity contribution is 0.0955. The van der Waals surface area contributed by atoms with Gasteiger partial charge < -0.3 is 0 Å². The van der Waals surface area contributed by atoms with Crippen molar-refractivity contribution in [2.45, 2.75) is 6.92 Å². The molecule has 0 fully saturated rings. The lowest BCUT2D eigenvalue weighted by atomic mass is 10.1. The van der Waals surface area contributed by atoms with Gasteiger partial charge in [0.25, 0.3) is 5.91 Å². The van der Waals surface area contributed by atoms with Crippen LogP contribution in [-0.4, -0.2) is 11.6 Å². The lowest BCUT2D eigenvalue weighted by Crippen LogP contribution is -2.19. The largest absolute Gasteiger partial charge is 0.271 e. The van der Waals surface area contributed by atoms with E-state index in [1.165, 1.54) is 0 Å². The molecule has 2 aromatic carbocycles. The Morgan fingerprint density at radius 1 is 1.20 bits per heavy atom. The first kappa shape index (κ1) is 14.8. The topological polar surface area (TPSA) is 41.5 Å². The number of benzene rings is 2. The van der Waals surface area contributed by atoms with Crippen LogP contribution in [0, 0.1) is 0 Å². The summed E-state index contributed by atoms with van der Waals surface area (Å²) < 4.78 is 0.844. The summed E-state index contributed by atoms with van der Waals surface area (Å²) in [4.78, 5) is 11.9. The lowest BCUT2D eigenvalue weighted by Gasteiger charge is -2.05. The Morgan fingerprint density at radius 2 is 1.95 bits per heavy atom. The van der Waals surface area contributed by atoms with Gasteiger partial charge in [-0.1, -0.05) is 51.8 Å². The van der Waals surface area contributed by atoms with Crippen molar-refractivity contribution in [2.24, 2.45) is 5.10 Å². The number of nitrogens with one attached hydrogen (secondary N) is 1. The Labute approximate surface area is 130 Å². The molecular formula is C15H12BrClN2O. The highest BCUT2D eigenvalue weighted by Crippen LogP contribution is 2.15. The quantitative estimate of drug-likeness (QED) is 0.651. The second kappa shape index (κ2) is 6.68. The molecule has 2 aromatic rings. The Balaban J connectivity index is 2.13. The molecule has 1 N–H and O–H groups in total. The molecule has 0 aromatic heterocycles. The summed E-state index contributed by atoms with van der Waals surface area (Å²) >= 11 is 9.40. The van der Waals surface area contributed by atoms with Crippen LogP contribution >= 0.6 is 27.5 Å². The van der Waals surface area contributed by atoms with Gasteiger partial charge in [0.1, 0.15) is 0 Å². The van der Waals surface area contributed by atoms with Gasteiger partial charge in [0.15, 0.2) is 0 Å². The van der Waals surface area contributed by atoms with E-state index in [2.05, 4.69) is 26.5 Å². The van der Waals surface area contributed by atoms with E-state index in [9.17, 15) is 4.79 Å². The van der Waals surface area contributed by atoms with Crippen molar-refractivity contribution in [1.29, 1.82) is 0 Å². The molecule has 0 aliphatic rings. The number of rotatable bonds is 3. The summed E-state index contributed by atoms with van der Waals surface area (Å²) in [6, 6.07) is 14.5. The van der Waals surface area contributed by atoms with Crippen molar-refractivity contribution < 1.29 is 4.79 Å². The maximum Gasteiger partial charge on any atom is 0.271 e. The van der Waals surface area contributed by atoms with Crippen LogP contribution in [0.1, 0.15) is 22.8 Å². The normalized spacial score (nSPS) is 11.2. The SMILES string of the molecule is C/C(=N/NC(=O)c1cccc(Br)c1)c1ccccc1Cl. The smallest absolute Gasteiger partial charge is 0.267 e. The molecular weight excluding hydrogens is 340 g/mol. The van der Waals surface area contributed by atoms with Crippen LogP contribution in [0.2, 0.25) is 5.02 Å². The molecule has 0 spiro atoms. The van der Waals surface area contributed by atoms with Crippen molar-refractivity contribution in [3.63, 3.8) is 0 Å². The number of halogens is 2.